The molecule has 2 rings (SSSR count). The maximum absolute atomic E-state index is 13.8. The number of aromatic carboxylic acids is 1. The zero-order chi connectivity index (χ0) is 14.9. The molecule has 1 heterocycles. The Labute approximate surface area is 120 Å². The molecule has 1 N–H and O–H groups in total. The van der Waals surface area contributed by atoms with Crippen LogP contribution in [-0.2, 0) is 10.0 Å². The van der Waals surface area contributed by atoms with E-state index < -0.39 is 26.7 Å². The highest BCUT2D eigenvalue weighted by molar-refractivity contribution is 7.99. The Morgan fingerprint density at radius 3 is 2.75 bits per heavy atom. The van der Waals surface area contributed by atoms with E-state index in [1.54, 1.807) is 11.8 Å². The van der Waals surface area contributed by atoms with Gasteiger partial charge in [0.15, 0.2) is 0 Å². The van der Waals surface area contributed by atoms with Crippen molar-refractivity contribution in [2.75, 3.05) is 18.6 Å². The molecule has 1 unspecified atom stereocenters. The van der Waals surface area contributed by atoms with Crippen molar-refractivity contribution >= 4 is 27.8 Å². The van der Waals surface area contributed by atoms with Crippen molar-refractivity contribution in [3.05, 3.63) is 29.6 Å². The van der Waals surface area contributed by atoms with Gasteiger partial charge in [0.25, 0.3) is 0 Å². The van der Waals surface area contributed by atoms with Gasteiger partial charge in [0.05, 0.1) is 5.56 Å². The summed E-state index contributed by atoms with van der Waals surface area (Å²) in [5.74, 6) is -0.703. The molecule has 0 saturated carbocycles. The lowest BCUT2D eigenvalue weighted by atomic mass is 10.2. The molecular formula is C12H14FNO4S2. The highest BCUT2D eigenvalue weighted by Gasteiger charge is 2.32. The number of carboxylic acid groups (broad SMARTS) is 1. The number of carbonyl (C=O) groups is 1. The van der Waals surface area contributed by atoms with Gasteiger partial charge in [0, 0.05) is 18.8 Å². The zero-order valence-corrected chi connectivity index (χ0v) is 12.4. The number of benzene rings is 1. The number of rotatable bonds is 4. The molecule has 1 aromatic rings. The van der Waals surface area contributed by atoms with Gasteiger partial charge in [0.2, 0.25) is 10.0 Å². The third kappa shape index (κ3) is 2.82. The molecule has 0 bridgehead atoms. The Bertz CT molecular complexity index is 626. The summed E-state index contributed by atoms with van der Waals surface area (Å²) in [5, 5.41) is 8.88. The number of hydrogen-bond acceptors (Lipinski definition) is 4. The second-order valence-corrected chi connectivity index (χ2v) is 7.60. The maximum atomic E-state index is 13.8. The SMILES string of the molecule is CN(C1CCSC1)S(=O)(=O)c1cc(C(=O)O)ccc1F. The Balaban J connectivity index is 2.42. The zero-order valence-electron chi connectivity index (χ0n) is 10.7. The first-order chi connectivity index (χ1) is 9.34. The molecule has 8 heteroatoms. The average molecular weight is 319 g/mol. The van der Waals surface area contributed by atoms with Crippen LogP contribution in [0.2, 0.25) is 0 Å². The van der Waals surface area contributed by atoms with Crippen LogP contribution in [0.5, 0.6) is 0 Å². The van der Waals surface area contributed by atoms with Crippen LogP contribution in [0.4, 0.5) is 4.39 Å². The van der Waals surface area contributed by atoms with Crippen LogP contribution in [-0.4, -0.2) is 48.4 Å². The van der Waals surface area contributed by atoms with E-state index in [0.717, 1.165) is 28.3 Å². The van der Waals surface area contributed by atoms with E-state index in [9.17, 15) is 17.6 Å². The Hall–Kier alpha value is -1.12. The minimum atomic E-state index is -4.03. The van der Waals surface area contributed by atoms with E-state index in [1.165, 1.54) is 7.05 Å². The standard InChI is InChI=1S/C12H14FNO4S2/c1-14(9-4-5-19-7-9)20(17,18)11-6-8(12(15)16)2-3-10(11)13/h2-3,6,9H,4-5,7H2,1H3,(H,15,16). The summed E-state index contributed by atoms with van der Waals surface area (Å²) in [6.45, 7) is 0. The molecule has 0 spiro atoms. The van der Waals surface area contributed by atoms with Gasteiger partial charge in [-0.1, -0.05) is 0 Å². The van der Waals surface area contributed by atoms with E-state index in [4.69, 9.17) is 5.11 Å². The first-order valence-corrected chi connectivity index (χ1v) is 8.52. The van der Waals surface area contributed by atoms with Crippen LogP contribution in [0.3, 0.4) is 0 Å². The van der Waals surface area contributed by atoms with Crippen LogP contribution in [0, 0.1) is 5.82 Å². The van der Waals surface area contributed by atoms with Crippen molar-refractivity contribution < 1.29 is 22.7 Å². The van der Waals surface area contributed by atoms with Crippen LogP contribution in [0.15, 0.2) is 23.1 Å². The summed E-state index contributed by atoms with van der Waals surface area (Å²) in [6.07, 6.45) is 0.709. The van der Waals surface area contributed by atoms with Gasteiger partial charge in [-0.15, -0.1) is 0 Å². The van der Waals surface area contributed by atoms with Crippen LogP contribution in [0.25, 0.3) is 0 Å². The number of sulfonamides is 1. The molecule has 0 amide bonds. The summed E-state index contributed by atoms with van der Waals surface area (Å²) in [4.78, 5) is 10.3. The van der Waals surface area contributed by atoms with Crippen LogP contribution < -0.4 is 0 Å². The molecule has 5 nitrogen and oxygen atoms in total. The molecule has 20 heavy (non-hydrogen) atoms. The normalized spacial score (nSPS) is 19.4. The largest absolute Gasteiger partial charge is 0.478 e. The molecule has 1 aromatic carbocycles. The molecule has 0 aromatic heterocycles. The van der Waals surface area contributed by atoms with Gasteiger partial charge < -0.3 is 5.11 Å². The predicted molar refractivity (Wildman–Crippen MR) is 74.0 cm³/mol. The number of nitrogens with zero attached hydrogens (tertiary/aromatic N) is 1. The van der Waals surface area contributed by atoms with E-state index in [0.29, 0.717) is 12.2 Å². The highest BCUT2D eigenvalue weighted by Crippen LogP contribution is 2.27. The van der Waals surface area contributed by atoms with Crippen molar-refractivity contribution in [3.63, 3.8) is 0 Å². The van der Waals surface area contributed by atoms with Crippen LogP contribution in [0.1, 0.15) is 16.8 Å². The smallest absolute Gasteiger partial charge is 0.335 e. The quantitative estimate of drug-likeness (QED) is 0.913. The van der Waals surface area contributed by atoms with Gasteiger partial charge in [-0.05, 0) is 30.4 Å². The third-order valence-electron chi connectivity index (χ3n) is 3.26. The van der Waals surface area contributed by atoms with E-state index >= 15 is 0 Å². The van der Waals surface area contributed by atoms with Gasteiger partial charge in [-0.3, -0.25) is 0 Å². The summed E-state index contributed by atoms with van der Waals surface area (Å²) in [6, 6.07) is 2.60. The molecule has 1 saturated heterocycles. The topological polar surface area (TPSA) is 74.7 Å². The Kier molecular flexibility index (Phi) is 4.36. The second-order valence-electron chi connectivity index (χ2n) is 4.49. The fourth-order valence-corrected chi connectivity index (χ4v) is 4.83. The van der Waals surface area contributed by atoms with E-state index in [1.807, 2.05) is 0 Å². The predicted octanol–water partition coefficient (Wildman–Crippen LogP) is 1.65. The molecule has 1 atom stereocenters. The lowest BCUT2D eigenvalue weighted by Gasteiger charge is -2.23. The highest BCUT2D eigenvalue weighted by atomic mass is 32.2. The molecule has 1 fully saturated rings. The summed E-state index contributed by atoms with van der Waals surface area (Å²) in [5.41, 5.74) is -0.251. The first-order valence-electron chi connectivity index (χ1n) is 5.92. The monoisotopic (exact) mass is 319 g/mol. The van der Waals surface area contributed by atoms with Gasteiger partial charge >= 0.3 is 5.97 Å². The molecule has 1 aliphatic rings. The molecule has 110 valence electrons. The lowest BCUT2D eigenvalue weighted by molar-refractivity contribution is 0.0696. The van der Waals surface area contributed by atoms with Crippen molar-refractivity contribution in [2.45, 2.75) is 17.4 Å². The van der Waals surface area contributed by atoms with Gasteiger partial charge in [-0.25, -0.2) is 17.6 Å². The maximum Gasteiger partial charge on any atom is 0.335 e. The molecule has 1 aliphatic heterocycles. The summed E-state index contributed by atoms with van der Waals surface area (Å²) in [7, 11) is -2.63. The van der Waals surface area contributed by atoms with Crippen LogP contribution >= 0.6 is 11.8 Å². The lowest BCUT2D eigenvalue weighted by Crippen LogP contribution is -2.37. The number of carboxylic acids is 1. The van der Waals surface area contributed by atoms with Crippen molar-refractivity contribution in [1.29, 1.82) is 0 Å². The first kappa shape index (κ1) is 15.3. The molecular weight excluding hydrogens is 305 g/mol. The average Bonchev–Trinajstić information content (AvgIpc) is 2.91. The van der Waals surface area contributed by atoms with Crippen molar-refractivity contribution in [1.82, 2.24) is 4.31 Å². The Morgan fingerprint density at radius 2 is 2.20 bits per heavy atom. The number of halogens is 1. The number of thioether (sulfide) groups is 1. The Morgan fingerprint density at radius 1 is 1.50 bits per heavy atom. The van der Waals surface area contributed by atoms with Crippen molar-refractivity contribution in [2.24, 2.45) is 0 Å². The fourth-order valence-electron chi connectivity index (χ4n) is 1.99. The third-order valence-corrected chi connectivity index (χ3v) is 6.32. The fraction of sp³-hybridized carbons (Fsp3) is 0.417. The van der Waals surface area contributed by atoms with Gasteiger partial charge in [0.1, 0.15) is 10.7 Å². The van der Waals surface area contributed by atoms with Gasteiger partial charge in [-0.2, -0.15) is 16.1 Å². The second kappa shape index (κ2) is 5.71. The van der Waals surface area contributed by atoms with Crippen molar-refractivity contribution in [3.8, 4) is 0 Å². The minimum absolute atomic E-state index is 0.183. The molecule has 0 radical (unpaired) electrons. The summed E-state index contributed by atoms with van der Waals surface area (Å²) >= 11 is 1.64. The number of hydrogen-bond donors (Lipinski definition) is 1. The minimum Gasteiger partial charge on any atom is -0.478 e. The summed E-state index contributed by atoms with van der Waals surface area (Å²) < 4.78 is 39.7. The molecule has 0 aliphatic carbocycles. The van der Waals surface area contributed by atoms with E-state index in [-0.39, 0.29) is 11.6 Å². The van der Waals surface area contributed by atoms with E-state index in [2.05, 4.69) is 0 Å².